The van der Waals surface area contributed by atoms with Crippen LogP contribution in [-0.4, -0.2) is 59.8 Å². The number of carbonyl (C=O) groups is 4. The molecule has 0 aliphatic rings. The van der Waals surface area contributed by atoms with E-state index in [1.165, 1.54) is 0 Å². The standard InChI is InChI=1S/C13H24N4O6/c14-8-10(18)15-6-2-1-3-7-16-13(23)17-9(12(21)22)4-5-11(19)20/h9H,1-8,14H2,(H,15,18)(H,19,20)(H,21,22)(H2,16,17,23)/t9-/m0/s1. The van der Waals surface area contributed by atoms with Crippen LogP contribution in [0.5, 0.6) is 0 Å². The Labute approximate surface area is 133 Å². The zero-order valence-electron chi connectivity index (χ0n) is 12.8. The predicted molar refractivity (Wildman–Crippen MR) is 80.7 cm³/mol. The number of rotatable bonds is 12. The molecule has 132 valence electrons. The molecule has 7 N–H and O–H groups in total. The van der Waals surface area contributed by atoms with Crippen molar-refractivity contribution in [1.82, 2.24) is 16.0 Å². The van der Waals surface area contributed by atoms with Gasteiger partial charge in [0.15, 0.2) is 0 Å². The lowest BCUT2D eigenvalue weighted by Crippen LogP contribution is -2.46. The molecule has 10 heteroatoms. The number of unbranched alkanes of at least 4 members (excludes halogenated alkanes) is 2. The van der Waals surface area contributed by atoms with E-state index in [1.807, 2.05) is 0 Å². The lowest BCUT2D eigenvalue weighted by Gasteiger charge is -2.14. The number of amides is 3. The van der Waals surface area contributed by atoms with Gasteiger partial charge in [0.25, 0.3) is 0 Å². The van der Waals surface area contributed by atoms with Crippen molar-refractivity contribution >= 4 is 23.9 Å². The summed E-state index contributed by atoms with van der Waals surface area (Å²) in [6, 6.07) is -1.89. The van der Waals surface area contributed by atoms with Gasteiger partial charge in [0.1, 0.15) is 6.04 Å². The van der Waals surface area contributed by atoms with E-state index in [-0.39, 0.29) is 25.3 Å². The van der Waals surface area contributed by atoms with Gasteiger partial charge in [-0.3, -0.25) is 9.59 Å². The summed E-state index contributed by atoms with van der Waals surface area (Å²) in [5, 5.41) is 24.7. The van der Waals surface area contributed by atoms with Crippen LogP contribution < -0.4 is 21.7 Å². The molecule has 3 amide bonds. The Kier molecular flexibility index (Phi) is 11.0. The van der Waals surface area contributed by atoms with E-state index in [0.717, 1.165) is 12.8 Å². The maximum Gasteiger partial charge on any atom is 0.326 e. The monoisotopic (exact) mass is 332 g/mol. The Morgan fingerprint density at radius 2 is 1.57 bits per heavy atom. The van der Waals surface area contributed by atoms with Gasteiger partial charge >= 0.3 is 18.0 Å². The highest BCUT2D eigenvalue weighted by atomic mass is 16.4. The van der Waals surface area contributed by atoms with Crippen LogP contribution in [0.15, 0.2) is 0 Å². The van der Waals surface area contributed by atoms with Crippen molar-refractivity contribution in [3.8, 4) is 0 Å². The van der Waals surface area contributed by atoms with Gasteiger partial charge in [0, 0.05) is 19.5 Å². The average Bonchev–Trinajstić information content (AvgIpc) is 2.49. The highest BCUT2D eigenvalue weighted by Crippen LogP contribution is 1.98. The molecular weight excluding hydrogens is 308 g/mol. The van der Waals surface area contributed by atoms with E-state index in [9.17, 15) is 19.2 Å². The number of hydrogen-bond acceptors (Lipinski definition) is 5. The van der Waals surface area contributed by atoms with Crippen molar-refractivity contribution in [2.75, 3.05) is 19.6 Å². The molecule has 0 aliphatic carbocycles. The summed E-state index contributed by atoms with van der Waals surface area (Å²) in [4.78, 5) is 43.7. The van der Waals surface area contributed by atoms with Crippen molar-refractivity contribution in [2.45, 2.75) is 38.1 Å². The molecule has 1 atom stereocenters. The van der Waals surface area contributed by atoms with E-state index in [1.54, 1.807) is 0 Å². The van der Waals surface area contributed by atoms with E-state index in [4.69, 9.17) is 15.9 Å². The van der Waals surface area contributed by atoms with E-state index < -0.39 is 24.0 Å². The number of carboxylic acid groups (broad SMARTS) is 2. The highest BCUT2D eigenvalue weighted by molar-refractivity contribution is 5.83. The third-order valence-electron chi connectivity index (χ3n) is 2.90. The van der Waals surface area contributed by atoms with Crippen LogP contribution in [0, 0.1) is 0 Å². The minimum Gasteiger partial charge on any atom is -0.481 e. The first kappa shape index (κ1) is 20.6. The Morgan fingerprint density at radius 1 is 0.957 bits per heavy atom. The quantitative estimate of drug-likeness (QED) is 0.245. The fourth-order valence-corrected chi connectivity index (χ4v) is 1.66. The molecule has 0 fully saturated rings. The fourth-order valence-electron chi connectivity index (χ4n) is 1.66. The van der Waals surface area contributed by atoms with Gasteiger partial charge in [-0.15, -0.1) is 0 Å². The van der Waals surface area contributed by atoms with Crippen molar-refractivity contribution in [1.29, 1.82) is 0 Å². The lowest BCUT2D eigenvalue weighted by molar-refractivity contribution is -0.140. The van der Waals surface area contributed by atoms with Crippen molar-refractivity contribution in [2.24, 2.45) is 5.73 Å². The van der Waals surface area contributed by atoms with Gasteiger partial charge in [0.05, 0.1) is 6.54 Å². The molecule has 0 aromatic rings. The second-order valence-corrected chi connectivity index (χ2v) is 4.84. The molecule has 0 bridgehead atoms. The third kappa shape index (κ3) is 11.9. The fraction of sp³-hybridized carbons (Fsp3) is 0.692. The molecule has 0 aliphatic heterocycles. The largest absolute Gasteiger partial charge is 0.481 e. The van der Waals surface area contributed by atoms with Crippen LogP contribution in [0.2, 0.25) is 0 Å². The van der Waals surface area contributed by atoms with Crippen LogP contribution in [0.1, 0.15) is 32.1 Å². The van der Waals surface area contributed by atoms with E-state index in [2.05, 4.69) is 16.0 Å². The van der Waals surface area contributed by atoms with Gasteiger partial charge < -0.3 is 31.9 Å². The number of carbonyl (C=O) groups excluding carboxylic acids is 2. The van der Waals surface area contributed by atoms with Crippen molar-refractivity contribution in [3.63, 3.8) is 0 Å². The van der Waals surface area contributed by atoms with Gasteiger partial charge in [-0.2, -0.15) is 0 Å². The summed E-state index contributed by atoms with van der Waals surface area (Å²) in [6.45, 7) is 0.814. The number of urea groups is 1. The van der Waals surface area contributed by atoms with Crippen molar-refractivity contribution < 1.29 is 29.4 Å². The number of carboxylic acids is 2. The van der Waals surface area contributed by atoms with Crippen LogP contribution >= 0.6 is 0 Å². The molecule has 0 unspecified atom stereocenters. The van der Waals surface area contributed by atoms with Crippen LogP contribution in [-0.2, 0) is 14.4 Å². The number of nitrogens with one attached hydrogen (secondary N) is 3. The van der Waals surface area contributed by atoms with Gasteiger partial charge in [-0.1, -0.05) is 0 Å². The number of hydrogen-bond donors (Lipinski definition) is 6. The maximum atomic E-state index is 11.5. The molecule has 0 aromatic heterocycles. The molecule has 23 heavy (non-hydrogen) atoms. The van der Waals surface area contributed by atoms with Gasteiger partial charge in [-0.25, -0.2) is 9.59 Å². The molecule has 0 spiro atoms. The minimum absolute atomic E-state index is 0.0473. The second-order valence-electron chi connectivity index (χ2n) is 4.84. The average molecular weight is 332 g/mol. The Bertz CT molecular complexity index is 415. The summed E-state index contributed by atoms with van der Waals surface area (Å²) in [5.74, 6) is -2.62. The zero-order chi connectivity index (χ0) is 17.7. The Balaban J connectivity index is 3.77. The Morgan fingerprint density at radius 3 is 2.09 bits per heavy atom. The van der Waals surface area contributed by atoms with E-state index >= 15 is 0 Å². The van der Waals surface area contributed by atoms with Crippen LogP contribution in [0.25, 0.3) is 0 Å². The normalized spacial score (nSPS) is 11.3. The number of aliphatic carboxylic acids is 2. The topological polar surface area (TPSA) is 171 Å². The van der Waals surface area contributed by atoms with E-state index in [0.29, 0.717) is 19.5 Å². The first-order valence-corrected chi connectivity index (χ1v) is 7.32. The van der Waals surface area contributed by atoms with Gasteiger partial charge in [-0.05, 0) is 25.7 Å². The highest BCUT2D eigenvalue weighted by Gasteiger charge is 2.20. The predicted octanol–water partition coefficient (Wildman–Crippen LogP) is -1.15. The summed E-state index contributed by atoms with van der Waals surface area (Å²) < 4.78 is 0. The molecule has 0 saturated carbocycles. The number of nitrogens with two attached hydrogens (primary N) is 1. The molecule has 0 heterocycles. The SMILES string of the molecule is NCC(=O)NCCCCCNC(=O)N[C@@H](CCC(=O)O)C(=O)O. The van der Waals surface area contributed by atoms with Gasteiger partial charge in [0.2, 0.25) is 5.91 Å². The molecule has 0 aromatic carbocycles. The summed E-state index contributed by atoms with van der Waals surface area (Å²) in [5.41, 5.74) is 5.13. The first-order chi connectivity index (χ1) is 10.9. The molecule has 10 nitrogen and oxygen atoms in total. The Hall–Kier alpha value is -2.36. The minimum atomic E-state index is -1.28. The summed E-state index contributed by atoms with van der Waals surface area (Å²) in [7, 11) is 0. The third-order valence-corrected chi connectivity index (χ3v) is 2.90. The zero-order valence-corrected chi connectivity index (χ0v) is 12.8. The smallest absolute Gasteiger partial charge is 0.326 e. The maximum absolute atomic E-state index is 11.5. The molecule has 0 rings (SSSR count). The molecule has 0 saturated heterocycles. The lowest BCUT2D eigenvalue weighted by atomic mass is 10.1. The molecular formula is C13H24N4O6. The summed E-state index contributed by atoms with van der Waals surface area (Å²) >= 11 is 0. The second kappa shape index (κ2) is 12.2. The first-order valence-electron chi connectivity index (χ1n) is 7.32. The van der Waals surface area contributed by atoms with Crippen LogP contribution in [0.3, 0.4) is 0 Å². The summed E-state index contributed by atoms with van der Waals surface area (Å²) in [6.07, 6.45) is 1.65. The molecule has 0 radical (unpaired) electrons. The van der Waals surface area contributed by atoms with Crippen molar-refractivity contribution in [3.05, 3.63) is 0 Å². The van der Waals surface area contributed by atoms with Crippen LogP contribution in [0.4, 0.5) is 4.79 Å².